The van der Waals surface area contributed by atoms with Gasteiger partial charge in [-0.1, -0.05) is 77.1 Å². The molecule has 0 bridgehead atoms. The fraction of sp³-hybridized carbons (Fsp3) is 0.478. The predicted octanol–water partition coefficient (Wildman–Crippen LogP) is 5.84. The summed E-state index contributed by atoms with van der Waals surface area (Å²) in [6.45, 7) is 12.4. The molecule has 128 valence electrons. The van der Waals surface area contributed by atoms with Gasteiger partial charge in [-0.05, 0) is 52.6 Å². The van der Waals surface area contributed by atoms with E-state index >= 15 is 0 Å². The fourth-order valence-electron chi connectivity index (χ4n) is 3.67. The summed E-state index contributed by atoms with van der Waals surface area (Å²) in [5.74, 6) is 0.600. The normalized spacial score (nSPS) is 18.7. The highest BCUT2D eigenvalue weighted by molar-refractivity contribution is 5.38. The van der Waals surface area contributed by atoms with Crippen LogP contribution in [0.2, 0.25) is 0 Å². The van der Waals surface area contributed by atoms with Gasteiger partial charge < -0.3 is 0 Å². The lowest BCUT2D eigenvalue weighted by Gasteiger charge is -2.35. The maximum Gasteiger partial charge on any atom is 0.0389 e. The Kier molecular flexibility index (Phi) is 4.57. The summed E-state index contributed by atoms with van der Waals surface area (Å²) in [6, 6.07) is 16.8. The third kappa shape index (κ3) is 3.42. The summed E-state index contributed by atoms with van der Waals surface area (Å²) in [6.07, 6.45) is 1.11. The minimum absolute atomic E-state index is 0.219. The van der Waals surface area contributed by atoms with E-state index in [-0.39, 0.29) is 5.41 Å². The van der Waals surface area contributed by atoms with Crippen molar-refractivity contribution in [1.29, 1.82) is 0 Å². The average Bonchev–Trinajstić information content (AvgIpc) is 2.53. The van der Waals surface area contributed by atoms with Gasteiger partial charge in [0.1, 0.15) is 0 Å². The van der Waals surface area contributed by atoms with Crippen LogP contribution in [-0.2, 0) is 18.4 Å². The number of fused-ring (bicyclic) bond motifs is 1. The highest BCUT2D eigenvalue weighted by Gasteiger charge is 2.25. The lowest BCUT2D eigenvalue weighted by atomic mass is 9.84. The maximum atomic E-state index is 2.50. The molecule has 2 aromatic carbocycles. The Balaban J connectivity index is 1.86. The molecule has 0 fully saturated rings. The van der Waals surface area contributed by atoms with Gasteiger partial charge in [-0.15, -0.1) is 0 Å². The molecule has 3 rings (SSSR count). The first kappa shape index (κ1) is 17.2. The molecule has 0 saturated carbocycles. The molecule has 1 aliphatic heterocycles. The van der Waals surface area contributed by atoms with Gasteiger partial charge in [-0.25, -0.2) is 0 Å². The van der Waals surface area contributed by atoms with Crippen LogP contribution in [0.5, 0.6) is 0 Å². The molecule has 0 saturated heterocycles. The van der Waals surface area contributed by atoms with Crippen molar-refractivity contribution in [3.8, 4) is 0 Å². The second-order valence-corrected chi connectivity index (χ2v) is 8.69. The van der Waals surface area contributed by atoms with Crippen LogP contribution in [0, 0.1) is 0 Å². The van der Waals surface area contributed by atoms with Crippen LogP contribution in [0.4, 0.5) is 0 Å². The highest BCUT2D eigenvalue weighted by atomic mass is 15.1. The van der Waals surface area contributed by atoms with Crippen LogP contribution in [0.3, 0.4) is 0 Å². The van der Waals surface area contributed by atoms with Crippen LogP contribution in [0.1, 0.15) is 74.4 Å². The van der Waals surface area contributed by atoms with Gasteiger partial charge in [0.15, 0.2) is 0 Å². The average molecular weight is 322 g/mol. The van der Waals surface area contributed by atoms with Crippen molar-refractivity contribution in [2.24, 2.45) is 0 Å². The van der Waals surface area contributed by atoms with E-state index in [1.807, 2.05) is 0 Å². The zero-order chi connectivity index (χ0) is 17.5. The molecular formula is C23H31N. The first-order valence-electron chi connectivity index (χ1n) is 9.18. The standard InChI is InChI=1S/C23H31N/c1-16(2)18-7-8-19-14-22(24(6)15-20(19)13-18)17-9-11-21(12-10-17)23(3,4)5/h7-13,16,22H,14-15H2,1-6H3. The van der Waals surface area contributed by atoms with E-state index in [0.29, 0.717) is 12.0 Å². The predicted molar refractivity (Wildman–Crippen MR) is 104 cm³/mol. The van der Waals surface area contributed by atoms with Gasteiger partial charge in [-0.2, -0.15) is 0 Å². The molecule has 24 heavy (non-hydrogen) atoms. The van der Waals surface area contributed by atoms with Crippen molar-refractivity contribution in [2.75, 3.05) is 7.05 Å². The lowest BCUT2D eigenvalue weighted by molar-refractivity contribution is 0.217. The summed E-state index contributed by atoms with van der Waals surface area (Å²) >= 11 is 0. The van der Waals surface area contributed by atoms with E-state index in [4.69, 9.17) is 0 Å². The van der Waals surface area contributed by atoms with E-state index < -0.39 is 0 Å². The molecule has 0 radical (unpaired) electrons. The number of rotatable bonds is 2. The topological polar surface area (TPSA) is 3.24 Å². The first-order chi connectivity index (χ1) is 11.3. The zero-order valence-corrected chi connectivity index (χ0v) is 16.1. The Morgan fingerprint density at radius 2 is 1.62 bits per heavy atom. The van der Waals surface area contributed by atoms with E-state index in [1.165, 1.54) is 27.8 Å². The molecule has 1 nitrogen and oxygen atoms in total. The minimum Gasteiger partial charge on any atom is -0.295 e. The third-order valence-corrected chi connectivity index (χ3v) is 5.42. The van der Waals surface area contributed by atoms with Gasteiger partial charge in [0.2, 0.25) is 0 Å². The monoisotopic (exact) mass is 321 g/mol. The van der Waals surface area contributed by atoms with Crippen LogP contribution >= 0.6 is 0 Å². The second kappa shape index (κ2) is 6.37. The van der Waals surface area contributed by atoms with Crippen molar-refractivity contribution < 1.29 is 0 Å². The number of benzene rings is 2. The quantitative estimate of drug-likeness (QED) is 0.672. The number of hydrogen-bond acceptors (Lipinski definition) is 1. The molecule has 1 atom stereocenters. The second-order valence-electron chi connectivity index (χ2n) is 8.69. The molecule has 0 N–H and O–H groups in total. The molecule has 1 heterocycles. The van der Waals surface area contributed by atoms with Crippen LogP contribution in [-0.4, -0.2) is 11.9 Å². The van der Waals surface area contributed by atoms with Crippen molar-refractivity contribution in [1.82, 2.24) is 4.90 Å². The van der Waals surface area contributed by atoms with Gasteiger partial charge in [0.25, 0.3) is 0 Å². The maximum absolute atomic E-state index is 2.50. The van der Waals surface area contributed by atoms with Crippen molar-refractivity contribution in [2.45, 2.75) is 65.0 Å². The van der Waals surface area contributed by atoms with Crippen LogP contribution < -0.4 is 0 Å². The summed E-state index contributed by atoms with van der Waals surface area (Å²) in [5, 5.41) is 0. The SMILES string of the molecule is CC(C)c1ccc2c(c1)CN(C)C(c1ccc(C(C)(C)C)cc1)C2. The molecule has 2 aromatic rings. The Hall–Kier alpha value is -1.60. The Morgan fingerprint density at radius 3 is 2.21 bits per heavy atom. The molecule has 0 aromatic heterocycles. The van der Waals surface area contributed by atoms with E-state index in [2.05, 4.69) is 89.0 Å². The van der Waals surface area contributed by atoms with Crippen LogP contribution in [0.15, 0.2) is 42.5 Å². The van der Waals surface area contributed by atoms with Gasteiger partial charge >= 0.3 is 0 Å². The molecule has 0 amide bonds. The number of nitrogens with zero attached hydrogens (tertiary/aromatic N) is 1. The van der Waals surface area contributed by atoms with Gasteiger partial charge in [0.05, 0.1) is 0 Å². The molecule has 1 aliphatic rings. The molecule has 0 spiro atoms. The summed E-state index contributed by atoms with van der Waals surface area (Å²) in [5.41, 5.74) is 7.54. The lowest BCUT2D eigenvalue weighted by Crippen LogP contribution is -2.31. The van der Waals surface area contributed by atoms with E-state index in [9.17, 15) is 0 Å². The van der Waals surface area contributed by atoms with Crippen molar-refractivity contribution >= 4 is 0 Å². The van der Waals surface area contributed by atoms with Gasteiger partial charge in [0, 0.05) is 12.6 Å². The van der Waals surface area contributed by atoms with Gasteiger partial charge in [-0.3, -0.25) is 4.90 Å². The zero-order valence-electron chi connectivity index (χ0n) is 16.1. The van der Waals surface area contributed by atoms with Crippen molar-refractivity contribution in [3.05, 3.63) is 70.3 Å². The number of likely N-dealkylation sites (N-methyl/N-ethyl adjacent to an activating group) is 1. The summed E-state index contributed by atoms with van der Waals surface area (Å²) in [4.78, 5) is 2.50. The summed E-state index contributed by atoms with van der Waals surface area (Å²) in [7, 11) is 2.26. The fourth-order valence-corrected chi connectivity index (χ4v) is 3.67. The van der Waals surface area contributed by atoms with Crippen molar-refractivity contribution in [3.63, 3.8) is 0 Å². The Bertz CT molecular complexity index is 704. The molecular weight excluding hydrogens is 290 g/mol. The summed E-state index contributed by atoms with van der Waals surface area (Å²) < 4.78 is 0. The van der Waals surface area contributed by atoms with E-state index in [1.54, 1.807) is 0 Å². The highest BCUT2D eigenvalue weighted by Crippen LogP contribution is 2.34. The molecule has 0 aliphatic carbocycles. The Labute approximate surface area is 147 Å². The van der Waals surface area contributed by atoms with E-state index in [0.717, 1.165) is 13.0 Å². The molecule has 1 unspecified atom stereocenters. The van der Waals surface area contributed by atoms with Crippen LogP contribution in [0.25, 0.3) is 0 Å². The first-order valence-corrected chi connectivity index (χ1v) is 9.18. The molecule has 1 heteroatoms. The largest absolute Gasteiger partial charge is 0.295 e. The third-order valence-electron chi connectivity index (χ3n) is 5.42. The number of hydrogen-bond donors (Lipinski definition) is 0. The smallest absolute Gasteiger partial charge is 0.0389 e. The minimum atomic E-state index is 0.219. The Morgan fingerprint density at radius 1 is 0.958 bits per heavy atom.